The molecule has 4 nitrogen and oxygen atoms in total. The molecule has 1 aliphatic heterocycles. The molecule has 2 aromatic carbocycles. The van der Waals surface area contributed by atoms with E-state index in [0.29, 0.717) is 29.4 Å². The first-order valence-electron chi connectivity index (χ1n) is 7.99. The summed E-state index contributed by atoms with van der Waals surface area (Å²) in [5.74, 6) is 2.05. The summed E-state index contributed by atoms with van der Waals surface area (Å²) in [4.78, 5) is 12.6. The van der Waals surface area contributed by atoms with Crippen molar-refractivity contribution in [3.8, 4) is 17.2 Å². The summed E-state index contributed by atoms with van der Waals surface area (Å²) in [5, 5.41) is 0. The zero-order valence-corrected chi connectivity index (χ0v) is 14.6. The topological polar surface area (TPSA) is 44.8 Å². The molecule has 0 amide bonds. The molecule has 0 saturated carbocycles. The van der Waals surface area contributed by atoms with E-state index in [1.54, 1.807) is 25.3 Å². The van der Waals surface area contributed by atoms with E-state index in [2.05, 4.69) is 6.58 Å². The molecule has 2 aromatic rings. The molecule has 3 rings (SSSR count). The van der Waals surface area contributed by atoms with Crippen LogP contribution in [0.5, 0.6) is 17.2 Å². The third kappa shape index (κ3) is 3.29. The monoisotopic (exact) mass is 336 g/mol. The zero-order chi connectivity index (χ0) is 18.0. The van der Waals surface area contributed by atoms with E-state index in [4.69, 9.17) is 14.2 Å². The molecule has 0 aromatic heterocycles. The number of carbonyl (C=O) groups excluding carboxylic acids is 1. The van der Waals surface area contributed by atoms with E-state index in [9.17, 15) is 4.79 Å². The maximum atomic E-state index is 12.6. The van der Waals surface area contributed by atoms with Crippen molar-refractivity contribution in [1.82, 2.24) is 0 Å². The Balaban J connectivity index is 1.94. The summed E-state index contributed by atoms with van der Waals surface area (Å²) in [6.45, 7) is 8.04. The van der Waals surface area contributed by atoms with Crippen molar-refractivity contribution in [2.75, 3.05) is 13.7 Å². The predicted molar refractivity (Wildman–Crippen MR) is 97.4 cm³/mol. The SMILES string of the molecule is C=C(C)COc1ccc2c(c1C)O/C(=C\c1ccccc1OC)C2=O. The number of ether oxygens (including phenoxy) is 3. The van der Waals surface area contributed by atoms with Gasteiger partial charge in [-0.2, -0.15) is 0 Å². The number of hydrogen-bond acceptors (Lipinski definition) is 4. The smallest absolute Gasteiger partial charge is 0.231 e. The van der Waals surface area contributed by atoms with Gasteiger partial charge in [-0.3, -0.25) is 4.79 Å². The van der Waals surface area contributed by atoms with Gasteiger partial charge in [0.25, 0.3) is 0 Å². The van der Waals surface area contributed by atoms with Gasteiger partial charge in [0.2, 0.25) is 5.78 Å². The van der Waals surface area contributed by atoms with Crippen molar-refractivity contribution in [2.45, 2.75) is 13.8 Å². The van der Waals surface area contributed by atoms with Crippen LogP contribution in [0.2, 0.25) is 0 Å². The van der Waals surface area contributed by atoms with E-state index in [0.717, 1.165) is 16.7 Å². The van der Waals surface area contributed by atoms with E-state index < -0.39 is 0 Å². The summed E-state index contributed by atoms with van der Waals surface area (Å²) >= 11 is 0. The molecule has 0 bridgehead atoms. The molecule has 4 heteroatoms. The molecule has 1 heterocycles. The number of Topliss-reactive ketones (excluding diaryl/α,β-unsaturated/α-hetero) is 1. The Morgan fingerprint density at radius 1 is 1.20 bits per heavy atom. The summed E-state index contributed by atoms with van der Waals surface area (Å²) < 4.78 is 16.9. The summed E-state index contributed by atoms with van der Waals surface area (Å²) in [7, 11) is 1.60. The molecule has 0 radical (unpaired) electrons. The molecule has 0 fully saturated rings. The van der Waals surface area contributed by atoms with Crippen molar-refractivity contribution in [1.29, 1.82) is 0 Å². The average molecular weight is 336 g/mol. The number of hydrogen-bond donors (Lipinski definition) is 0. The van der Waals surface area contributed by atoms with Crippen molar-refractivity contribution >= 4 is 11.9 Å². The van der Waals surface area contributed by atoms with Crippen LogP contribution in [0.1, 0.15) is 28.4 Å². The largest absolute Gasteiger partial charge is 0.496 e. The average Bonchev–Trinajstić information content (AvgIpc) is 2.92. The number of methoxy groups -OCH3 is 1. The van der Waals surface area contributed by atoms with Crippen LogP contribution in [-0.4, -0.2) is 19.5 Å². The number of ketones is 1. The van der Waals surface area contributed by atoms with Gasteiger partial charge < -0.3 is 14.2 Å². The molecule has 0 saturated heterocycles. The molecule has 0 N–H and O–H groups in total. The number of rotatable bonds is 5. The molecule has 25 heavy (non-hydrogen) atoms. The Morgan fingerprint density at radius 3 is 2.68 bits per heavy atom. The summed E-state index contributed by atoms with van der Waals surface area (Å²) in [6, 6.07) is 11.0. The second-order valence-corrected chi connectivity index (χ2v) is 5.99. The molecule has 128 valence electrons. The van der Waals surface area contributed by atoms with Crippen LogP contribution in [0.3, 0.4) is 0 Å². The second kappa shape index (κ2) is 6.85. The highest BCUT2D eigenvalue weighted by Crippen LogP contribution is 2.39. The fraction of sp³-hybridized carbons (Fsp3) is 0.190. The van der Waals surface area contributed by atoms with Gasteiger partial charge in [-0.25, -0.2) is 0 Å². The third-order valence-electron chi connectivity index (χ3n) is 3.94. The van der Waals surface area contributed by atoms with Crippen LogP contribution < -0.4 is 14.2 Å². The first-order valence-corrected chi connectivity index (χ1v) is 7.99. The van der Waals surface area contributed by atoms with Crippen LogP contribution >= 0.6 is 0 Å². The van der Waals surface area contributed by atoms with Crippen LogP contribution in [0.15, 0.2) is 54.3 Å². The summed E-state index contributed by atoms with van der Waals surface area (Å²) in [5.41, 5.74) is 3.06. The lowest BCUT2D eigenvalue weighted by Gasteiger charge is -2.11. The van der Waals surface area contributed by atoms with Gasteiger partial charge in [-0.1, -0.05) is 24.8 Å². The van der Waals surface area contributed by atoms with Gasteiger partial charge in [0.1, 0.15) is 23.9 Å². The Labute approximate surface area is 147 Å². The van der Waals surface area contributed by atoms with Gasteiger partial charge in [0.15, 0.2) is 5.76 Å². The first-order chi connectivity index (χ1) is 12.0. The standard InChI is InChI=1S/C21H20O4/c1-13(2)12-24-17-10-9-16-20(22)19(25-21(16)14(17)3)11-15-7-5-6-8-18(15)23-4/h5-11H,1,12H2,2-4H3/b19-11-. The first kappa shape index (κ1) is 16.8. The summed E-state index contributed by atoms with van der Waals surface area (Å²) in [6.07, 6.45) is 1.70. The van der Waals surface area contributed by atoms with Crippen LogP contribution in [-0.2, 0) is 0 Å². The minimum absolute atomic E-state index is 0.143. The number of benzene rings is 2. The quantitative estimate of drug-likeness (QED) is 0.592. The Hall–Kier alpha value is -3.01. The predicted octanol–water partition coefficient (Wildman–Crippen LogP) is 4.57. The molecule has 0 spiro atoms. The van der Waals surface area contributed by atoms with Crippen LogP contribution in [0.25, 0.3) is 6.08 Å². The van der Waals surface area contributed by atoms with Gasteiger partial charge in [-0.15, -0.1) is 0 Å². The molecule has 0 unspecified atom stereocenters. The van der Waals surface area contributed by atoms with E-state index in [1.807, 2.05) is 38.1 Å². The highest BCUT2D eigenvalue weighted by Gasteiger charge is 2.30. The van der Waals surface area contributed by atoms with Crippen molar-refractivity contribution in [3.63, 3.8) is 0 Å². The minimum Gasteiger partial charge on any atom is -0.496 e. The normalized spacial score (nSPS) is 14.2. The van der Waals surface area contributed by atoms with Crippen LogP contribution in [0.4, 0.5) is 0 Å². The van der Waals surface area contributed by atoms with Gasteiger partial charge in [0, 0.05) is 11.1 Å². The molecule has 1 aliphatic rings. The van der Waals surface area contributed by atoms with E-state index in [-0.39, 0.29) is 11.5 Å². The Bertz CT molecular complexity index is 877. The van der Waals surface area contributed by atoms with Crippen molar-refractivity contribution in [2.24, 2.45) is 0 Å². The highest BCUT2D eigenvalue weighted by molar-refractivity contribution is 6.15. The second-order valence-electron chi connectivity index (χ2n) is 5.99. The number of carbonyl (C=O) groups is 1. The minimum atomic E-state index is -0.143. The maximum absolute atomic E-state index is 12.6. The number of fused-ring (bicyclic) bond motifs is 1. The zero-order valence-electron chi connectivity index (χ0n) is 14.6. The van der Waals surface area contributed by atoms with Crippen LogP contribution in [0, 0.1) is 6.92 Å². The fourth-order valence-electron chi connectivity index (χ4n) is 2.65. The lowest BCUT2D eigenvalue weighted by molar-refractivity contribution is 0.101. The molecule has 0 atom stereocenters. The van der Waals surface area contributed by atoms with Gasteiger partial charge >= 0.3 is 0 Å². The van der Waals surface area contributed by atoms with Crippen molar-refractivity contribution < 1.29 is 19.0 Å². The molecule has 0 aliphatic carbocycles. The lowest BCUT2D eigenvalue weighted by Crippen LogP contribution is -2.00. The van der Waals surface area contributed by atoms with E-state index in [1.165, 1.54) is 0 Å². The number of allylic oxidation sites excluding steroid dienone is 1. The lowest BCUT2D eigenvalue weighted by atomic mass is 10.1. The Morgan fingerprint density at radius 2 is 1.96 bits per heavy atom. The maximum Gasteiger partial charge on any atom is 0.231 e. The third-order valence-corrected chi connectivity index (χ3v) is 3.94. The molecular weight excluding hydrogens is 316 g/mol. The van der Waals surface area contributed by atoms with Gasteiger partial charge in [-0.05, 0) is 43.7 Å². The Kier molecular flexibility index (Phi) is 4.61. The van der Waals surface area contributed by atoms with Gasteiger partial charge in [0.05, 0.1) is 12.7 Å². The fourth-order valence-corrected chi connectivity index (χ4v) is 2.65. The van der Waals surface area contributed by atoms with Crippen molar-refractivity contribution in [3.05, 3.63) is 71.0 Å². The van der Waals surface area contributed by atoms with E-state index >= 15 is 0 Å². The number of para-hydroxylation sites is 1. The molecular formula is C21H20O4. The highest BCUT2D eigenvalue weighted by atomic mass is 16.5.